The molecule has 2 heteroatoms. The second kappa shape index (κ2) is 11.4. The van der Waals surface area contributed by atoms with Crippen molar-refractivity contribution in [2.75, 3.05) is 14.2 Å². The lowest BCUT2D eigenvalue weighted by Crippen LogP contribution is -1.93. The molecule has 0 N–H and O–H groups in total. The summed E-state index contributed by atoms with van der Waals surface area (Å²) in [6.45, 7) is 16.4. The Kier molecular flexibility index (Phi) is 11.9. The predicted octanol–water partition coefficient (Wildman–Crippen LogP) is 5.51. The van der Waals surface area contributed by atoms with Gasteiger partial charge >= 0.3 is 0 Å². The molecule has 1 rings (SSSR count). The van der Waals surface area contributed by atoms with E-state index in [1.165, 1.54) is 0 Å². The number of rotatable bonds is 4. The van der Waals surface area contributed by atoms with Crippen molar-refractivity contribution in [3.8, 4) is 11.5 Å². The predicted molar refractivity (Wildman–Crippen MR) is 89.9 cm³/mol. The van der Waals surface area contributed by atoms with E-state index in [1.54, 1.807) is 14.2 Å². The summed E-state index contributed by atoms with van der Waals surface area (Å²) in [4.78, 5) is 0. The Labute approximate surface area is 125 Å². The fourth-order valence-corrected chi connectivity index (χ4v) is 1.15. The van der Waals surface area contributed by atoms with Crippen LogP contribution in [0.15, 0.2) is 30.9 Å². The summed E-state index contributed by atoms with van der Waals surface area (Å²) in [5.74, 6) is 1.63. The highest BCUT2D eigenvalue weighted by molar-refractivity contribution is 5.39. The van der Waals surface area contributed by atoms with E-state index < -0.39 is 0 Å². The monoisotopic (exact) mass is 280 g/mol. The number of allylic oxidation sites excluding steroid dienone is 1. The van der Waals surface area contributed by atoms with Crippen molar-refractivity contribution in [1.29, 1.82) is 0 Å². The minimum absolute atomic E-state index is 0.500. The van der Waals surface area contributed by atoms with Gasteiger partial charge < -0.3 is 9.47 Å². The van der Waals surface area contributed by atoms with Gasteiger partial charge in [-0.15, -0.1) is 6.58 Å². The zero-order valence-corrected chi connectivity index (χ0v) is 14.5. The SMILES string of the molecule is C=CCc1cc(OC)cc(OC)c1.CC.CC(C)(C)C. The summed E-state index contributed by atoms with van der Waals surface area (Å²) in [7, 11) is 3.29. The van der Waals surface area contributed by atoms with Crippen LogP contribution in [0.4, 0.5) is 0 Å². The molecule has 2 nitrogen and oxygen atoms in total. The van der Waals surface area contributed by atoms with E-state index in [1.807, 2.05) is 38.1 Å². The van der Waals surface area contributed by atoms with Gasteiger partial charge in [-0.3, -0.25) is 0 Å². The highest BCUT2D eigenvalue weighted by Crippen LogP contribution is 2.22. The normalized spacial score (nSPS) is 9.40. The molecule has 0 aliphatic carbocycles. The number of hydrogen-bond acceptors (Lipinski definition) is 2. The van der Waals surface area contributed by atoms with Gasteiger partial charge in [0.25, 0.3) is 0 Å². The van der Waals surface area contributed by atoms with Crippen LogP contribution < -0.4 is 9.47 Å². The van der Waals surface area contributed by atoms with Gasteiger partial charge in [0, 0.05) is 6.07 Å². The van der Waals surface area contributed by atoms with Crippen LogP contribution in [0, 0.1) is 5.41 Å². The van der Waals surface area contributed by atoms with Crippen molar-refractivity contribution >= 4 is 0 Å². The molecule has 0 aliphatic heterocycles. The Bertz CT molecular complexity index is 334. The lowest BCUT2D eigenvalue weighted by Gasteiger charge is -2.06. The fourth-order valence-electron chi connectivity index (χ4n) is 1.15. The largest absolute Gasteiger partial charge is 0.497 e. The molecule has 0 amide bonds. The maximum atomic E-state index is 5.13. The first-order valence-corrected chi connectivity index (χ1v) is 7.13. The third kappa shape index (κ3) is 13.0. The van der Waals surface area contributed by atoms with Crippen LogP contribution in [0.25, 0.3) is 0 Å². The van der Waals surface area contributed by atoms with Crippen molar-refractivity contribution in [1.82, 2.24) is 0 Å². The van der Waals surface area contributed by atoms with E-state index in [0.717, 1.165) is 23.5 Å². The Hall–Kier alpha value is -1.44. The molecule has 1 aromatic carbocycles. The van der Waals surface area contributed by atoms with Gasteiger partial charge in [-0.25, -0.2) is 0 Å². The highest BCUT2D eigenvalue weighted by atomic mass is 16.5. The van der Waals surface area contributed by atoms with Crippen LogP contribution in [0.1, 0.15) is 47.1 Å². The highest BCUT2D eigenvalue weighted by Gasteiger charge is 1.99. The molecule has 0 saturated heterocycles. The van der Waals surface area contributed by atoms with Gasteiger partial charge in [0.15, 0.2) is 0 Å². The quantitative estimate of drug-likeness (QED) is 0.677. The van der Waals surface area contributed by atoms with E-state index >= 15 is 0 Å². The molecule has 20 heavy (non-hydrogen) atoms. The first-order chi connectivity index (χ1) is 9.30. The van der Waals surface area contributed by atoms with E-state index in [2.05, 4.69) is 34.3 Å². The Morgan fingerprint density at radius 2 is 1.30 bits per heavy atom. The van der Waals surface area contributed by atoms with Crippen LogP contribution >= 0.6 is 0 Å². The minimum atomic E-state index is 0.500. The van der Waals surface area contributed by atoms with Crippen LogP contribution in [-0.2, 0) is 6.42 Å². The van der Waals surface area contributed by atoms with Crippen LogP contribution in [0.5, 0.6) is 11.5 Å². The first-order valence-electron chi connectivity index (χ1n) is 7.13. The van der Waals surface area contributed by atoms with Crippen molar-refractivity contribution in [2.24, 2.45) is 5.41 Å². The van der Waals surface area contributed by atoms with Gasteiger partial charge in [-0.05, 0) is 29.5 Å². The van der Waals surface area contributed by atoms with Gasteiger partial charge in [0.2, 0.25) is 0 Å². The lowest BCUT2D eigenvalue weighted by atomic mass is 10.0. The van der Waals surface area contributed by atoms with Crippen LogP contribution in [0.2, 0.25) is 0 Å². The third-order valence-corrected chi connectivity index (χ3v) is 1.79. The van der Waals surface area contributed by atoms with E-state index in [9.17, 15) is 0 Å². The fraction of sp³-hybridized carbons (Fsp3) is 0.556. The van der Waals surface area contributed by atoms with Gasteiger partial charge in [0.1, 0.15) is 11.5 Å². The molecule has 0 saturated carbocycles. The Morgan fingerprint density at radius 3 is 1.55 bits per heavy atom. The molecule has 0 radical (unpaired) electrons. The van der Waals surface area contributed by atoms with Gasteiger partial charge in [-0.1, -0.05) is 47.6 Å². The number of methoxy groups -OCH3 is 2. The summed E-state index contributed by atoms with van der Waals surface area (Å²) in [5.41, 5.74) is 1.64. The molecular weight excluding hydrogens is 248 g/mol. The van der Waals surface area contributed by atoms with Crippen molar-refractivity contribution in [3.63, 3.8) is 0 Å². The van der Waals surface area contributed by atoms with Gasteiger partial charge in [0.05, 0.1) is 14.2 Å². The summed E-state index contributed by atoms with van der Waals surface area (Å²) in [6, 6.07) is 5.81. The number of benzene rings is 1. The number of ether oxygens (including phenoxy) is 2. The van der Waals surface area contributed by atoms with Crippen molar-refractivity contribution in [3.05, 3.63) is 36.4 Å². The average molecular weight is 280 g/mol. The van der Waals surface area contributed by atoms with Crippen LogP contribution in [0.3, 0.4) is 0 Å². The minimum Gasteiger partial charge on any atom is -0.497 e. The Balaban J connectivity index is 0. The molecule has 0 aliphatic rings. The molecule has 0 unspecified atom stereocenters. The zero-order chi connectivity index (χ0) is 16.2. The molecule has 116 valence electrons. The first kappa shape index (κ1) is 20.9. The van der Waals surface area contributed by atoms with Crippen molar-refractivity contribution in [2.45, 2.75) is 48.0 Å². The van der Waals surface area contributed by atoms with E-state index in [-0.39, 0.29) is 0 Å². The second-order valence-electron chi connectivity index (χ2n) is 5.71. The van der Waals surface area contributed by atoms with E-state index in [4.69, 9.17) is 9.47 Å². The summed E-state index contributed by atoms with van der Waals surface area (Å²) in [5, 5.41) is 0. The maximum Gasteiger partial charge on any atom is 0.122 e. The topological polar surface area (TPSA) is 18.5 Å². The smallest absolute Gasteiger partial charge is 0.122 e. The average Bonchev–Trinajstić information content (AvgIpc) is 2.39. The van der Waals surface area contributed by atoms with Gasteiger partial charge in [-0.2, -0.15) is 0 Å². The lowest BCUT2D eigenvalue weighted by molar-refractivity contribution is 0.393. The molecule has 0 heterocycles. The molecule has 0 fully saturated rings. The molecular formula is C18H32O2. The summed E-state index contributed by atoms with van der Waals surface area (Å²) >= 11 is 0. The number of hydrogen-bond donors (Lipinski definition) is 0. The van der Waals surface area contributed by atoms with E-state index in [0.29, 0.717) is 5.41 Å². The Morgan fingerprint density at radius 1 is 0.950 bits per heavy atom. The zero-order valence-electron chi connectivity index (χ0n) is 14.5. The van der Waals surface area contributed by atoms with Crippen LogP contribution in [-0.4, -0.2) is 14.2 Å². The molecule has 0 atom stereocenters. The second-order valence-corrected chi connectivity index (χ2v) is 5.71. The maximum absolute atomic E-state index is 5.13. The molecule has 0 aromatic heterocycles. The summed E-state index contributed by atoms with van der Waals surface area (Å²) < 4.78 is 10.3. The molecule has 1 aromatic rings. The molecule has 0 spiro atoms. The summed E-state index contributed by atoms with van der Waals surface area (Å²) in [6.07, 6.45) is 2.68. The third-order valence-electron chi connectivity index (χ3n) is 1.79. The van der Waals surface area contributed by atoms with Crippen molar-refractivity contribution < 1.29 is 9.47 Å². The molecule has 0 bridgehead atoms. The standard InChI is InChI=1S/C11H14O2.C5H12.C2H6/c1-4-5-9-6-10(12-2)8-11(7-9)13-3;1-5(2,3)4;1-2/h4,6-8H,1,5H2,2-3H3;1-4H3;1-2H3.